The molecule has 1 nitrogen and oxygen atoms in total. The van der Waals surface area contributed by atoms with Gasteiger partial charge in [0.1, 0.15) is 5.75 Å². The van der Waals surface area contributed by atoms with E-state index < -0.39 is 0 Å². The van der Waals surface area contributed by atoms with Gasteiger partial charge in [-0.3, -0.25) is 0 Å². The van der Waals surface area contributed by atoms with Crippen LogP contribution in [0.3, 0.4) is 0 Å². The summed E-state index contributed by atoms with van der Waals surface area (Å²) in [7, 11) is 0. The molecule has 0 heterocycles. The zero-order valence-electron chi connectivity index (χ0n) is 4.33. The molecule has 1 aromatic carbocycles. The first-order chi connectivity index (χ1) is 3.39. The third-order valence-corrected chi connectivity index (χ3v) is 0.756. The fourth-order valence-electron chi connectivity index (χ4n) is 0.428. The van der Waals surface area contributed by atoms with E-state index in [1.54, 1.807) is 24.3 Å². The van der Waals surface area contributed by atoms with Gasteiger partial charge >= 0.3 is 40.1 Å². The molecule has 1 rings (SSSR count). The average molecular weight is 201 g/mol. The van der Waals surface area contributed by atoms with Crippen molar-refractivity contribution in [2.24, 2.45) is 0 Å². The quantitative estimate of drug-likeness (QED) is 0.564. The van der Waals surface area contributed by atoms with E-state index in [9.17, 15) is 0 Å². The van der Waals surface area contributed by atoms with Crippen molar-refractivity contribution >= 4 is 40.1 Å². The van der Waals surface area contributed by atoms with Gasteiger partial charge in [-0.1, -0.05) is 18.2 Å². The first-order valence-electron chi connectivity index (χ1n) is 2.13. The van der Waals surface area contributed by atoms with Crippen molar-refractivity contribution < 1.29 is 5.11 Å². The molecule has 1 aromatic rings. The Morgan fingerprint density at radius 3 is 1.67 bits per heavy atom. The summed E-state index contributed by atoms with van der Waals surface area (Å²) in [5, 5.41) is 8.63. The van der Waals surface area contributed by atoms with Crippen LogP contribution < -0.4 is 0 Å². The van der Waals surface area contributed by atoms with Crippen LogP contribution in [0.5, 0.6) is 5.75 Å². The minimum absolute atomic E-state index is 0. The normalized spacial score (nSPS) is 6.67. The summed E-state index contributed by atoms with van der Waals surface area (Å²) in [5.74, 6) is 0.322. The van der Waals surface area contributed by atoms with Crippen LogP contribution in [-0.2, 0) is 0 Å². The Balaban J connectivity index is 0. The van der Waals surface area contributed by atoms with E-state index in [2.05, 4.69) is 0 Å². The topological polar surface area (TPSA) is 20.2 Å². The Morgan fingerprint density at radius 1 is 1.00 bits per heavy atom. The van der Waals surface area contributed by atoms with Crippen LogP contribution >= 0.6 is 0 Å². The summed E-state index contributed by atoms with van der Waals surface area (Å²) in [6, 6.07) is 8.71. The Hall–Kier alpha value is 0.306. The molecular formula is C6H10MgOSe. The molecule has 0 aliphatic carbocycles. The average Bonchev–Trinajstić information content (AvgIpc) is 1.69. The molecule has 0 saturated carbocycles. The maximum absolute atomic E-state index is 8.63. The monoisotopic (exact) mass is 202 g/mol. The van der Waals surface area contributed by atoms with Gasteiger partial charge in [-0.25, -0.2) is 0 Å². The molecule has 0 aromatic heterocycles. The number of aromatic hydroxyl groups is 1. The van der Waals surface area contributed by atoms with Crippen LogP contribution in [0, 0.1) is 0 Å². The van der Waals surface area contributed by atoms with Crippen LogP contribution in [0.25, 0.3) is 0 Å². The van der Waals surface area contributed by atoms with Gasteiger partial charge < -0.3 is 5.11 Å². The molecule has 0 amide bonds. The van der Waals surface area contributed by atoms with Gasteiger partial charge in [0.15, 0.2) is 0 Å². The predicted molar refractivity (Wildman–Crippen MR) is 45.2 cm³/mol. The molecule has 3 heteroatoms. The van der Waals surface area contributed by atoms with E-state index in [1.165, 1.54) is 0 Å². The maximum atomic E-state index is 8.63. The number of hydrogen-bond donors (Lipinski definition) is 1. The summed E-state index contributed by atoms with van der Waals surface area (Å²) in [6.45, 7) is 0. The second kappa shape index (κ2) is 6.43. The standard InChI is InChI=1S/C6H6O.Mg.H2Se.2H/c7-6-4-2-1-3-5-6;;;;/h1-5,7H;;1H2;;. The van der Waals surface area contributed by atoms with E-state index in [0.717, 1.165) is 0 Å². The summed E-state index contributed by atoms with van der Waals surface area (Å²) in [6.07, 6.45) is 0. The molecule has 9 heavy (non-hydrogen) atoms. The molecule has 0 fully saturated rings. The summed E-state index contributed by atoms with van der Waals surface area (Å²) >= 11 is 0. The van der Waals surface area contributed by atoms with Crippen molar-refractivity contribution in [3.05, 3.63) is 30.3 Å². The molecule has 1 N–H and O–H groups in total. The number of benzene rings is 1. The number of hydrogen-bond acceptors (Lipinski definition) is 1. The molecular weight excluding hydrogens is 191 g/mol. The van der Waals surface area contributed by atoms with Crippen molar-refractivity contribution in [2.45, 2.75) is 0 Å². The van der Waals surface area contributed by atoms with Crippen LogP contribution in [0.15, 0.2) is 30.3 Å². The van der Waals surface area contributed by atoms with Crippen molar-refractivity contribution in [3.63, 3.8) is 0 Å². The van der Waals surface area contributed by atoms with Gasteiger partial charge in [-0.2, -0.15) is 0 Å². The first kappa shape index (κ1) is 12.0. The van der Waals surface area contributed by atoms with Gasteiger partial charge in [-0.05, 0) is 12.1 Å². The van der Waals surface area contributed by atoms with Gasteiger partial charge in [0.25, 0.3) is 0 Å². The Bertz CT molecular complexity index is 143. The van der Waals surface area contributed by atoms with Gasteiger partial charge in [0.05, 0.1) is 0 Å². The zero-order valence-corrected chi connectivity index (χ0v) is 6.43. The molecule has 0 spiro atoms. The molecule has 0 bridgehead atoms. The van der Waals surface area contributed by atoms with Crippen molar-refractivity contribution in [1.82, 2.24) is 0 Å². The third-order valence-electron chi connectivity index (χ3n) is 0.756. The fourth-order valence-corrected chi connectivity index (χ4v) is 0.428. The minimum atomic E-state index is 0. The van der Waals surface area contributed by atoms with Gasteiger partial charge in [0, 0.05) is 0 Å². The SMILES string of the molecule is Oc1ccccc1.[MgH2].[SeH2]. The first-order valence-corrected chi connectivity index (χ1v) is 2.13. The summed E-state index contributed by atoms with van der Waals surface area (Å²) in [5.41, 5.74) is 0. The fraction of sp³-hybridized carbons (Fsp3) is 0. The molecule has 0 unspecified atom stereocenters. The second-order valence-corrected chi connectivity index (χ2v) is 1.34. The van der Waals surface area contributed by atoms with E-state index in [4.69, 9.17) is 5.11 Å². The van der Waals surface area contributed by atoms with Crippen LogP contribution in [0.1, 0.15) is 0 Å². The van der Waals surface area contributed by atoms with Crippen LogP contribution in [0.2, 0.25) is 0 Å². The van der Waals surface area contributed by atoms with Gasteiger partial charge in [-0.15, -0.1) is 0 Å². The second-order valence-electron chi connectivity index (χ2n) is 1.34. The van der Waals surface area contributed by atoms with Crippen molar-refractivity contribution in [3.8, 4) is 5.75 Å². The summed E-state index contributed by atoms with van der Waals surface area (Å²) < 4.78 is 0. The Morgan fingerprint density at radius 2 is 1.44 bits per heavy atom. The number of phenolic OH excluding ortho intramolecular Hbond substituents is 1. The predicted octanol–water partition coefficient (Wildman–Crippen LogP) is -0.440. The molecule has 0 aliphatic rings. The molecule has 0 radical (unpaired) electrons. The molecule has 0 saturated heterocycles. The van der Waals surface area contributed by atoms with E-state index in [-0.39, 0.29) is 40.1 Å². The number of para-hydroxylation sites is 1. The Kier molecular flexibility index (Phi) is 8.59. The van der Waals surface area contributed by atoms with Crippen LogP contribution in [-0.4, -0.2) is 45.2 Å². The molecule has 0 aliphatic heterocycles. The molecule has 0 atom stereocenters. The number of phenols is 1. The Labute approximate surface area is 81.1 Å². The molecule has 48 valence electrons. The van der Waals surface area contributed by atoms with E-state index >= 15 is 0 Å². The zero-order chi connectivity index (χ0) is 5.11. The summed E-state index contributed by atoms with van der Waals surface area (Å²) in [4.78, 5) is 0. The number of rotatable bonds is 0. The van der Waals surface area contributed by atoms with Gasteiger partial charge in [0.2, 0.25) is 0 Å². The van der Waals surface area contributed by atoms with E-state index in [0.29, 0.717) is 5.75 Å². The van der Waals surface area contributed by atoms with Crippen LogP contribution in [0.4, 0.5) is 0 Å². The van der Waals surface area contributed by atoms with Crippen molar-refractivity contribution in [1.29, 1.82) is 0 Å². The third kappa shape index (κ3) is 4.79. The van der Waals surface area contributed by atoms with E-state index in [1.807, 2.05) is 6.07 Å². The van der Waals surface area contributed by atoms with Crippen molar-refractivity contribution in [2.75, 3.05) is 0 Å².